The number of nitrogens with one attached hydrogen (secondary N) is 1. The van der Waals surface area contributed by atoms with Gasteiger partial charge in [0.25, 0.3) is 5.82 Å². The molecule has 0 fully saturated rings. The number of aromatic amines is 1. The summed E-state index contributed by atoms with van der Waals surface area (Å²) in [5, 5.41) is 0. The van der Waals surface area contributed by atoms with Gasteiger partial charge in [-0.3, -0.25) is 0 Å². The molecular formula is C11H23N2Si+. The van der Waals surface area contributed by atoms with E-state index in [1.54, 1.807) is 0 Å². The van der Waals surface area contributed by atoms with Gasteiger partial charge in [0.05, 0.1) is 6.54 Å². The standard InChI is InChI=1S/C11H22N2Si/c1-2-3-4-6-11-12-7-9-13(11)8-5-10-14/h7,9H,2-6,8,10H2,1,14H3/p+1. The molecule has 0 saturated heterocycles. The molecule has 3 heteroatoms. The third kappa shape index (κ3) is 3.66. The minimum atomic E-state index is 1.20. The van der Waals surface area contributed by atoms with Gasteiger partial charge in [-0.2, -0.15) is 0 Å². The number of aryl methyl sites for hydroxylation is 2. The van der Waals surface area contributed by atoms with Crippen LogP contribution in [0.4, 0.5) is 0 Å². The van der Waals surface area contributed by atoms with Crippen molar-refractivity contribution in [2.75, 3.05) is 0 Å². The van der Waals surface area contributed by atoms with Crippen LogP contribution in [0, 0.1) is 0 Å². The summed E-state index contributed by atoms with van der Waals surface area (Å²) in [5.41, 5.74) is 0. The highest BCUT2D eigenvalue weighted by Gasteiger charge is 2.08. The first-order chi connectivity index (χ1) is 6.88. The number of H-pyrrole nitrogens is 1. The second-order valence-corrected chi connectivity index (χ2v) is 4.91. The summed E-state index contributed by atoms with van der Waals surface area (Å²) in [5.74, 6) is 1.41. The topological polar surface area (TPSA) is 19.7 Å². The van der Waals surface area contributed by atoms with Crippen LogP contribution in [0.3, 0.4) is 0 Å². The maximum absolute atomic E-state index is 3.35. The Balaban J connectivity index is 2.37. The van der Waals surface area contributed by atoms with Crippen LogP contribution in [-0.2, 0) is 13.0 Å². The van der Waals surface area contributed by atoms with Crippen LogP contribution < -0.4 is 4.57 Å². The molecule has 0 spiro atoms. The number of unbranched alkanes of at least 4 members (excludes halogenated alkanes) is 2. The summed E-state index contributed by atoms with van der Waals surface area (Å²) in [6.45, 7) is 3.46. The molecule has 0 aliphatic rings. The molecule has 0 saturated carbocycles. The molecule has 0 unspecified atom stereocenters. The maximum Gasteiger partial charge on any atom is 0.254 e. The molecule has 1 rings (SSSR count). The van der Waals surface area contributed by atoms with Crippen LogP contribution in [0.1, 0.15) is 38.4 Å². The van der Waals surface area contributed by atoms with E-state index in [1.807, 2.05) is 0 Å². The monoisotopic (exact) mass is 211 g/mol. The fourth-order valence-corrected chi connectivity index (χ4v) is 2.01. The molecular weight excluding hydrogens is 188 g/mol. The van der Waals surface area contributed by atoms with Crippen LogP contribution in [0.25, 0.3) is 0 Å². The zero-order chi connectivity index (χ0) is 10.2. The lowest BCUT2D eigenvalue weighted by Crippen LogP contribution is -2.36. The molecule has 0 radical (unpaired) electrons. The van der Waals surface area contributed by atoms with Crippen LogP contribution in [0.2, 0.25) is 6.04 Å². The van der Waals surface area contributed by atoms with Crippen LogP contribution in [0.5, 0.6) is 0 Å². The Bertz CT molecular complexity index is 245. The maximum atomic E-state index is 3.35. The molecule has 80 valence electrons. The van der Waals surface area contributed by atoms with Crippen molar-refractivity contribution in [3.05, 3.63) is 18.2 Å². The van der Waals surface area contributed by atoms with Gasteiger partial charge in [0, 0.05) is 16.7 Å². The Hall–Kier alpha value is -0.573. The van der Waals surface area contributed by atoms with Crippen molar-refractivity contribution in [2.45, 2.75) is 51.6 Å². The van der Waals surface area contributed by atoms with Gasteiger partial charge >= 0.3 is 0 Å². The van der Waals surface area contributed by atoms with Crippen LogP contribution in [-0.4, -0.2) is 15.2 Å². The van der Waals surface area contributed by atoms with Gasteiger partial charge in [-0.1, -0.05) is 25.8 Å². The third-order valence-corrected chi connectivity index (χ3v) is 3.33. The number of nitrogens with zero attached hydrogens (tertiary/aromatic N) is 1. The highest BCUT2D eigenvalue weighted by atomic mass is 28.1. The Kier molecular flexibility index (Phi) is 5.60. The van der Waals surface area contributed by atoms with E-state index >= 15 is 0 Å². The van der Waals surface area contributed by atoms with Gasteiger partial charge in [0.1, 0.15) is 12.4 Å². The number of hydrogen-bond donors (Lipinski definition) is 1. The minimum absolute atomic E-state index is 1.20. The van der Waals surface area contributed by atoms with Crippen molar-refractivity contribution in [3.63, 3.8) is 0 Å². The average Bonchev–Trinajstić information content (AvgIpc) is 2.63. The molecule has 1 N–H and O–H groups in total. The van der Waals surface area contributed by atoms with Crippen molar-refractivity contribution < 1.29 is 4.57 Å². The first-order valence-electron chi connectivity index (χ1n) is 5.94. The zero-order valence-electron chi connectivity index (χ0n) is 9.55. The summed E-state index contributed by atoms with van der Waals surface area (Å²) in [4.78, 5) is 3.35. The van der Waals surface area contributed by atoms with E-state index in [-0.39, 0.29) is 0 Å². The van der Waals surface area contributed by atoms with Gasteiger partial charge in [-0.15, -0.1) is 0 Å². The number of aromatic nitrogens is 2. The van der Waals surface area contributed by atoms with Crippen molar-refractivity contribution in [1.82, 2.24) is 4.98 Å². The Labute approximate surface area is 90.2 Å². The molecule has 0 amide bonds. The second-order valence-electron chi connectivity index (χ2n) is 3.91. The number of imidazole rings is 1. The van der Waals surface area contributed by atoms with Gasteiger partial charge in [-0.05, 0) is 12.8 Å². The Morgan fingerprint density at radius 1 is 1.36 bits per heavy atom. The first-order valence-corrected chi connectivity index (χ1v) is 7.35. The largest absolute Gasteiger partial charge is 0.254 e. The highest BCUT2D eigenvalue weighted by molar-refractivity contribution is 6.08. The van der Waals surface area contributed by atoms with Crippen molar-refractivity contribution in [3.8, 4) is 0 Å². The van der Waals surface area contributed by atoms with Crippen LogP contribution >= 0.6 is 0 Å². The van der Waals surface area contributed by atoms with E-state index in [2.05, 4.69) is 28.9 Å². The van der Waals surface area contributed by atoms with Crippen LogP contribution in [0.15, 0.2) is 12.4 Å². The number of hydrogen-bond acceptors (Lipinski definition) is 0. The predicted octanol–water partition coefficient (Wildman–Crippen LogP) is 1.21. The average molecular weight is 211 g/mol. The van der Waals surface area contributed by atoms with Gasteiger partial charge < -0.3 is 0 Å². The van der Waals surface area contributed by atoms with Gasteiger partial charge in [0.2, 0.25) is 0 Å². The van der Waals surface area contributed by atoms with Gasteiger partial charge in [0.15, 0.2) is 0 Å². The molecule has 14 heavy (non-hydrogen) atoms. The first kappa shape index (κ1) is 11.5. The SMILES string of the molecule is CCCCCc1[nH]cc[n+]1CCC[SiH3]. The van der Waals surface area contributed by atoms with Gasteiger partial charge in [-0.25, -0.2) is 9.55 Å². The van der Waals surface area contributed by atoms with E-state index in [9.17, 15) is 0 Å². The normalized spacial score (nSPS) is 10.9. The van der Waals surface area contributed by atoms with Crippen molar-refractivity contribution in [1.29, 1.82) is 0 Å². The van der Waals surface area contributed by atoms with E-state index in [0.717, 1.165) is 0 Å². The summed E-state index contributed by atoms with van der Waals surface area (Å²) in [6.07, 6.45) is 10.8. The molecule has 1 heterocycles. The fraction of sp³-hybridized carbons (Fsp3) is 0.727. The molecule has 0 bridgehead atoms. The van der Waals surface area contributed by atoms with Crippen molar-refractivity contribution >= 4 is 10.2 Å². The lowest BCUT2D eigenvalue weighted by Gasteiger charge is -1.99. The Morgan fingerprint density at radius 3 is 2.93 bits per heavy atom. The fourth-order valence-electron chi connectivity index (χ4n) is 1.69. The third-order valence-electron chi connectivity index (χ3n) is 2.62. The lowest BCUT2D eigenvalue weighted by atomic mass is 10.2. The van der Waals surface area contributed by atoms with E-state index < -0.39 is 0 Å². The summed E-state index contributed by atoms with van der Waals surface area (Å²) >= 11 is 0. The summed E-state index contributed by atoms with van der Waals surface area (Å²) in [7, 11) is 1.34. The second kappa shape index (κ2) is 6.82. The van der Waals surface area contributed by atoms with E-state index in [1.165, 1.54) is 60.8 Å². The Morgan fingerprint density at radius 2 is 2.21 bits per heavy atom. The molecule has 2 nitrogen and oxygen atoms in total. The molecule has 0 atom stereocenters. The minimum Gasteiger partial charge on any atom is -0.248 e. The summed E-state index contributed by atoms with van der Waals surface area (Å²) < 4.78 is 2.38. The van der Waals surface area contributed by atoms with Crippen molar-refractivity contribution in [2.24, 2.45) is 0 Å². The molecule has 1 aromatic rings. The highest BCUT2D eigenvalue weighted by Crippen LogP contribution is 2.00. The van der Waals surface area contributed by atoms with E-state index in [0.29, 0.717) is 0 Å². The molecule has 0 aliphatic carbocycles. The van der Waals surface area contributed by atoms with E-state index in [4.69, 9.17) is 0 Å². The summed E-state index contributed by atoms with van der Waals surface area (Å²) in [6, 6.07) is 1.41. The zero-order valence-corrected chi connectivity index (χ0v) is 11.6. The predicted molar refractivity (Wildman–Crippen MR) is 63.6 cm³/mol. The molecule has 1 aromatic heterocycles. The number of rotatable bonds is 7. The quantitative estimate of drug-likeness (QED) is 0.397. The molecule has 0 aliphatic heterocycles. The molecule has 0 aromatic carbocycles. The lowest BCUT2D eigenvalue weighted by molar-refractivity contribution is -0.702. The smallest absolute Gasteiger partial charge is 0.248 e.